The van der Waals surface area contributed by atoms with Crippen molar-refractivity contribution in [3.63, 3.8) is 0 Å². The number of anilines is 1. The van der Waals surface area contributed by atoms with Gasteiger partial charge in [0.1, 0.15) is 23.2 Å². The third-order valence-corrected chi connectivity index (χ3v) is 11.9. The van der Waals surface area contributed by atoms with E-state index in [2.05, 4.69) is 103 Å². The van der Waals surface area contributed by atoms with Gasteiger partial charge in [-0.15, -0.1) is 0 Å². The monoisotopic (exact) mass is 493 g/mol. The standard InChI is InChI=1S/C32H34N2OP/c1-26-31(32(35)34(33-26)27-16-6-2-7-17-27)24-14-15-25-36(28-18-8-3-9-19-28,29-20-10-4-11-21-29)30-22-12-5-13-23-30/h2-13,16-23,26,31,33H,14-15,24-25H2,1H3/q+1. The van der Waals surface area contributed by atoms with Crippen molar-refractivity contribution in [1.82, 2.24) is 5.43 Å². The Hall–Kier alpha value is -3.26. The minimum atomic E-state index is -1.82. The van der Waals surface area contributed by atoms with Gasteiger partial charge in [0.15, 0.2) is 0 Å². The highest BCUT2D eigenvalue weighted by Crippen LogP contribution is 2.56. The molecule has 4 aromatic carbocycles. The molecule has 0 aliphatic carbocycles. The maximum atomic E-state index is 13.2. The Morgan fingerprint density at radius 3 is 1.58 bits per heavy atom. The van der Waals surface area contributed by atoms with Crippen LogP contribution < -0.4 is 26.3 Å². The van der Waals surface area contributed by atoms with Crippen LogP contribution in [0.5, 0.6) is 0 Å². The van der Waals surface area contributed by atoms with Crippen molar-refractivity contribution >= 4 is 34.8 Å². The van der Waals surface area contributed by atoms with E-state index < -0.39 is 7.26 Å². The topological polar surface area (TPSA) is 32.3 Å². The summed E-state index contributed by atoms with van der Waals surface area (Å²) in [6.45, 7) is 2.13. The number of hydrogen-bond acceptors (Lipinski definition) is 2. The molecular weight excluding hydrogens is 459 g/mol. The minimum Gasteiger partial charge on any atom is -0.273 e. The number of amides is 1. The molecule has 1 fully saturated rings. The van der Waals surface area contributed by atoms with E-state index in [0.717, 1.165) is 31.1 Å². The van der Waals surface area contributed by atoms with E-state index >= 15 is 0 Å². The van der Waals surface area contributed by atoms with Crippen LogP contribution in [0.3, 0.4) is 0 Å². The molecule has 1 aliphatic rings. The Bertz CT molecular complexity index is 1150. The van der Waals surface area contributed by atoms with Gasteiger partial charge in [0.05, 0.1) is 17.8 Å². The summed E-state index contributed by atoms with van der Waals surface area (Å²) >= 11 is 0. The van der Waals surface area contributed by atoms with Gasteiger partial charge in [-0.05, 0) is 74.7 Å². The van der Waals surface area contributed by atoms with E-state index in [4.69, 9.17) is 0 Å². The predicted molar refractivity (Wildman–Crippen MR) is 154 cm³/mol. The smallest absolute Gasteiger partial charge is 0.246 e. The summed E-state index contributed by atoms with van der Waals surface area (Å²) in [5.41, 5.74) is 4.31. The maximum absolute atomic E-state index is 13.2. The van der Waals surface area contributed by atoms with Crippen LogP contribution in [0.15, 0.2) is 121 Å². The van der Waals surface area contributed by atoms with Gasteiger partial charge in [0.25, 0.3) is 0 Å². The molecule has 4 aromatic rings. The van der Waals surface area contributed by atoms with Crippen LogP contribution in [0, 0.1) is 5.92 Å². The number of carbonyl (C=O) groups is 1. The molecule has 0 aromatic heterocycles. The zero-order chi connectivity index (χ0) is 24.8. The molecule has 182 valence electrons. The van der Waals surface area contributed by atoms with Crippen molar-refractivity contribution in [1.29, 1.82) is 0 Å². The summed E-state index contributed by atoms with van der Waals surface area (Å²) in [7, 11) is -1.82. The number of para-hydroxylation sites is 1. The summed E-state index contributed by atoms with van der Waals surface area (Å²) in [4.78, 5) is 13.2. The fourth-order valence-corrected chi connectivity index (χ4v) is 9.89. The number of carbonyl (C=O) groups excluding carboxylic acids is 1. The molecule has 5 rings (SSSR count). The van der Waals surface area contributed by atoms with E-state index in [1.54, 1.807) is 5.01 Å². The number of unbranched alkanes of at least 4 members (excludes halogenated alkanes) is 1. The molecule has 2 atom stereocenters. The average Bonchev–Trinajstić information content (AvgIpc) is 3.23. The van der Waals surface area contributed by atoms with Crippen LogP contribution in [0.25, 0.3) is 0 Å². The fraction of sp³-hybridized carbons (Fsp3) is 0.219. The van der Waals surface area contributed by atoms with Gasteiger partial charge in [-0.1, -0.05) is 72.8 Å². The maximum Gasteiger partial charge on any atom is 0.246 e. The Kier molecular flexibility index (Phi) is 7.60. The lowest BCUT2D eigenvalue weighted by Crippen LogP contribution is -2.36. The molecular formula is C32H34N2OP+. The number of hydrazine groups is 1. The fourth-order valence-electron chi connectivity index (χ4n) is 5.48. The summed E-state index contributed by atoms with van der Waals surface area (Å²) in [5, 5.41) is 6.00. The summed E-state index contributed by atoms with van der Waals surface area (Å²) in [5.74, 6) is 0.187. The Balaban J connectivity index is 1.37. The number of rotatable bonds is 9. The zero-order valence-electron chi connectivity index (χ0n) is 20.8. The van der Waals surface area contributed by atoms with Crippen LogP contribution in [0.2, 0.25) is 0 Å². The van der Waals surface area contributed by atoms with Gasteiger partial charge in [-0.2, -0.15) is 0 Å². The largest absolute Gasteiger partial charge is 0.273 e. The van der Waals surface area contributed by atoms with Gasteiger partial charge in [0.2, 0.25) is 5.91 Å². The van der Waals surface area contributed by atoms with Crippen LogP contribution in [0.4, 0.5) is 5.69 Å². The second-order valence-corrected chi connectivity index (χ2v) is 13.2. The number of nitrogens with zero attached hydrogens (tertiary/aromatic N) is 1. The second kappa shape index (κ2) is 11.2. The van der Waals surface area contributed by atoms with Crippen LogP contribution in [0.1, 0.15) is 26.2 Å². The first kappa shape index (κ1) is 24.4. The number of benzene rings is 4. The molecule has 1 heterocycles. The van der Waals surface area contributed by atoms with Gasteiger partial charge >= 0.3 is 0 Å². The summed E-state index contributed by atoms with van der Waals surface area (Å²) in [6.07, 6.45) is 4.10. The first-order valence-corrected chi connectivity index (χ1v) is 14.9. The first-order valence-electron chi connectivity index (χ1n) is 12.9. The molecule has 4 heteroatoms. The molecule has 1 saturated heterocycles. The molecule has 0 radical (unpaired) electrons. The SMILES string of the molecule is CC1NN(c2ccccc2)C(=O)C1CCCC[P+](c1ccccc1)(c1ccccc1)c1ccccc1. The van der Waals surface area contributed by atoms with Crippen LogP contribution in [-0.2, 0) is 4.79 Å². The summed E-state index contributed by atoms with van der Waals surface area (Å²) in [6, 6.07) is 43.2. The Morgan fingerprint density at radius 2 is 1.11 bits per heavy atom. The Morgan fingerprint density at radius 1 is 0.667 bits per heavy atom. The third kappa shape index (κ3) is 4.87. The van der Waals surface area contributed by atoms with Crippen molar-refractivity contribution < 1.29 is 4.79 Å². The van der Waals surface area contributed by atoms with Crippen molar-refractivity contribution in [3.8, 4) is 0 Å². The molecule has 1 aliphatic heterocycles. The predicted octanol–water partition coefficient (Wildman–Crippen LogP) is 5.71. The minimum absolute atomic E-state index is 0.00288. The first-order chi connectivity index (χ1) is 17.7. The van der Waals surface area contributed by atoms with Crippen molar-refractivity contribution in [2.24, 2.45) is 5.92 Å². The average molecular weight is 494 g/mol. The Labute approximate surface area is 215 Å². The lowest BCUT2D eigenvalue weighted by molar-refractivity contribution is -0.120. The van der Waals surface area contributed by atoms with E-state index in [0.29, 0.717) is 0 Å². The number of nitrogens with one attached hydrogen (secondary N) is 1. The molecule has 0 saturated carbocycles. The highest BCUT2D eigenvalue weighted by molar-refractivity contribution is 7.95. The molecule has 0 bridgehead atoms. The van der Waals surface area contributed by atoms with Gasteiger partial charge in [0, 0.05) is 6.04 Å². The van der Waals surface area contributed by atoms with Gasteiger partial charge in [-0.25, -0.2) is 10.4 Å². The van der Waals surface area contributed by atoms with E-state index in [1.807, 2.05) is 30.3 Å². The molecule has 1 amide bonds. The van der Waals surface area contributed by atoms with Crippen molar-refractivity contribution in [3.05, 3.63) is 121 Å². The van der Waals surface area contributed by atoms with Crippen molar-refractivity contribution in [2.45, 2.75) is 32.2 Å². The molecule has 2 unspecified atom stereocenters. The zero-order valence-corrected chi connectivity index (χ0v) is 21.7. The molecule has 1 N–H and O–H groups in total. The third-order valence-electron chi connectivity index (χ3n) is 7.34. The quantitative estimate of drug-likeness (QED) is 0.239. The lowest BCUT2D eigenvalue weighted by Gasteiger charge is -2.28. The van der Waals surface area contributed by atoms with E-state index in [-0.39, 0.29) is 17.9 Å². The van der Waals surface area contributed by atoms with E-state index in [9.17, 15) is 4.79 Å². The van der Waals surface area contributed by atoms with Gasteiger partial charge in [-0.3, -0.25) is 4.79 Å². The lowest BCUT2D eigenvalue weighted by atomic mass is 9.96. The molecule has 36 heavy (non-hydrogen) atoms. The highest BCUT2D eigenvalue weighted by atomic mass is 31.2. The molecule has 0 spiro atoms. The molecule has 3 nitrogen and oxygen atoms in total. The van der Waals surface area contributed by atoms with Crippen molar-refractivity contribution in [2.75, 3.05) is 11.2 Å². The summed E-state index contributed by atoms with van der Waals surface area (Å²) < 4.78 is 0. The van der Waals surface area contributed by atoms with Crippen LogP contribution >= 0.6 is 7.26 Å². The highest BCUT2D eigenvalue weighted by Gasteiger charge is 2.45. The normalized spacial score (nSPS) is 17.9. The van der Waals surface area contributed by atoms with Crippen LogP contribution in [-0.4, -0.2) is 18.1 Å². The van der Waals surface area contributed by atoms with E-state index in [1.165, 1.54) is 15.9 Å². The number of hydrogen-bond donors (Lipinski definition) is 1. The second-order valence-electron chi connectivity index (χ2n) is 9.57. The van der Waals surface area contributed by atoms with Gasteiger partial charge < -0.3 is 0 Å².